The molecule has 2 fully saturated rings. The maximum Gasteiger partial charge on any atom is 0.0507 e. The lowest BCUT2D eigenvalue weighted by molar-refractivity contribution is 0.140. The summed E-state index contributed by atoms with van der Waals surface area (Å²) in [6.45, 7) is 7.79. The highest BCUT2D eigenvalue weighted by Crippen LogP contribution is 2.25. The first-order valence-corrected chi connectivity index (χ1v) is 6.63. The molecule has 2 saturated heterocycles. The number of piperidine rings is 1. The molecular weight excluding hydrogens is 210 g/mol. The molecule has 2 heterocycles. The van der Waals surface area contributed by atoms with Crippen molar-refractivity contribution in [2.45, 2.75) is 31.6 Å². The van der Waals surface area contributed by atoms with Crippen LogP contribution in [-0.2, 0) is 4.74 Å². The number of ether oxygens (including phenoxy) is 1. The van der Waals surface area contributed by atoms with Crippen molar-refractivity contribution in [3.63, 3.8) is 0 Å². The number of halogens is 1. The van der Waals surface area contributed by atoms with Crippen LogP contribution < -0.4 is 0 Å². The molecule has 2 atom stereocenters. The van der Waals surface area contributed by atoms with Gasteiger partial charge in [0.25, 0.3) is 0 Å². The summed E-state index contributed by atoms with van der Waals surface area (Å²) >= 11 is 6.14. The highest BCUT2D eigenvalue weighted by atomic mass is 35.5. The summed E-state index contributed by atoms with van der Waals surface area (Å²) in [5, 5.41) is 0.349. The number of hydrogen-bond donors (Lipinski definition) is 0. The lowest BCUT2D eigenvalue weighted by atomic mass is 9.93. The van der Waals surface area contributed by atoms with E-state index in [1.807, 2.05) is 0 Å². The molecule has 0 aromatic rings. The molecule has 0 aromatic carbocycles. The minimum Gasteiger partial charge on any atom is -0.381 e. The third kappa shape index (κ3) is 3.33. The highest BCUT2D eigenvalue weighted by molar-refractivity contribution is 6.20. The van der Waals surface area contributed by atoms with E-state index in [0.717, 1.165) is 25.0 Å². The van der Waals surface area contributed by atoms with Gasteiger partial charge in [-0.15, -0.1) is 11.6 Å². The second-order valence-corrected chi connectivity index (χ2v) is 5.73. The number of hydrogen-bond acceptors (Lipinski definition) is 2. The Morgan fingerprint density at radius 2 is 2.07 bits per heavy atom. The first-order chi connectivity index (χ1) is 7.25. The van der Waals surface area contributed by atoms with Crippen LogP contribution in [0.25, 0.3) is 0 Å². The summed E-state index contributed by atoms with van der Waals surface area (Å²) in [4.78, 5) is 2.59. The van der Waals surface area contributed by atoms with E-state index in [1.54, 1.807) is 0 Å². The number of likely N-dealkylation sites (tertiary alicyclic amines) is 1. The molecule has 2 nitrogen and oxygen atoms in total. The topological polar surface area (TPSA) is 12.5 Å². The molecular formula is C12H22ClNO. The molecule has 2 aliphatic rings. The third-order valence-corrected chi connectivity index (χ3v) is 4.18. The van der Waals surface area contributed by atoms with Crippen molar-refractivity contribution < 1.29 is 4.74 Å². The van der Waals surface area contributed by atoms with Gasteiger partial charge in [-0.3, -0.25) is 0 Å². The van der Waals surface area contributed by atoms with Crippen molar-refractivity contribution in [3.8, 4) is 0 Å². The van der Waals surface area contributed by atoms with E-state index in [9.17, 15) is 0 Å². The Hall–Kier alpha value is 0.210. The van der Waals surface area contributed by atoms with E-state index in [4.69, 9.17) is 16.3 Å². The van der Waals surface area contributed by atoms with Gasteiger partial charge in [0, 0.05) is 18.5 Å². The molecule has 0 saturated carbocycles. The average molecular weight is 232 g/mol. The van der Waals surface area contributed by atoms with Crippen LogP contribution in [0.5, 0.6) is 0 Å². The Bertz CT molecular complexity index is 184. The number of rotatable bonds is 3. The summed E-state index contributed by atoms with van der Waals surface area (Å²) in [6.07, 6.45) is 3.81. The van der Waals surface area contributed by atoms with E-state index >= 15 is 0 Å². The van der Waals surface area contributed by atoms with Crippen LogP contribution in [0.2, 0.25) is 0 Å². The van der Waals surface area contributed by atoms with Crippen molar-refractivity contribution in [1.82, 2.24) is 4.90 Å². The zero-order valence-electron chi connectivity index (χ0n) is 9.62. The van der Waals surface area contributed by atoms with Crippen LogP contribution in [0, 0.1) is 11.8 Å². The van der Waals surface area contributed by atoms with Crippen LogP contribution in [0.4, 0.5) is 0 Å². The molecule has 0 N–H and O–H groups in total. The molecule has 3 heteroatoms. The van der Waals surface area contributed by atoms with Crippen molar-refractivity contribution in [2.24, 2.45) is 11.8 Å². The van der Waals surface area contributed by atoms with E-state index in [-0.39, 0.29) is 0 Å². The van der Waals surface area contributed by atoms with Gasteiger partial charge < -0.3 is 9.64 Å². The van der Waals surface area contributed by atoms with E-state index in [1.165, 1.54) is 38.9 Å². The van der Waals surface area contributed by atoms with Crippen molar-refractivity contribution in [2.75, 3.05) is 32.8 Å². The van der Waals surface area contributed by atoms with Gasteiger partial charge in [0.1, 0.15) is 0 Å². The largest absolute Gasteiger partial charge is 0.381 e. The molecule has 2 unspecified atom stereocenters. The summed E-state index contributed by atoms with van der Waals surface area (Å²) in [6, 6.07) is 0. The summed E-state index contributed by atoms with van der Waals surface area (Å²) in [5.41, 5.74) is 0. The standard InChI is InChI=1S/C12H22ClNO/c1-10(13)12-2-5-14(6-3-12)8-11-4-7-15-9-11/h10-12H,2-9H2,1H3. The fraction of sp³-hybridized carbons (Fsp3) is 1.00. The van der Waals surface area contributed by atoms with Gasteiger partial charge in [0.2, 0.25) is 0 Å². The van der Waals surface area contributed by atoms with Gasteiger partial charge in [-0.25, -0.2) is 0 Å². The monoisotopic (exact) mass is 231 g/mol. The normalized spacial score (nSPS) is 32.0. The van der Waals surface area contributed by atoms with Gasteiger partial charge in [-0.05, 0) is 51.1 Å². The number of alkyl halides is 1. The molecule has 0 aromatic heterocycles. The summed E-state index contributed by atoms with van der Waals surface area (Å²) in [7, 11) is 0. The highest BCUT2D eigenvalue weighted by Gasteiger charge is 2.25. The first-order valence-electron chi connectivity index (χ1n) is 6.20. The molecule has 88 valence electrons. The Kier molecular flexibility index (Phi) is 4.30. The maximum atomic E-state index is 6.14. The number of nitrogens with zero attached hydrogens (tertiary/aromatic N) is 1. The van der Waals surface area contributed by atoms with Gasteiger partial charge >= 0.3 is 0 Å². The fourth-order valence-electron chi connectivity index (χ4n) is 2.69. The lowest BCUT2D eigenvalue weighted by Crippen LogP contribution is -2.38. The second-order valence-electron chi connectivity index (χ2n) is 5.05. The Morgan fingerprint density at radius 3 is 2.60 bits per heavy atom. The van der Waals surface area contributed by atoms with Crippen LogP contribution in [0.3, 0.4) is 0 Å². The molecule has 0 bridgehead atoms. The molecule has 2 aliphatic heterocycles. The second kappa shape index (κ2) is 5.51. The predicted octanol–water partition coefficient (Wildman–Crippen LogP) is 2.36. The predicted molar refractivity (Wildman–Crippen MR) is 63.4 cm³/mol. The summed E-state index contributed by atoms with van der Waals surface area (Å²) in [5.74, 6) is 1.53. The Labute approximate surface area is 97.9 Å². The first kappa shape index (κ1) is 11.7. The minimum absolute atomic E-state index is 0.349. The van der Waals surface area contributed by atoms with Gasteiger partial charge in [-0.2, -0.15) is 0 Å². The Balaban J connectivity index is 1.68. The van der Waals surface area contributed by atoms with Crippen molar-refractivity contribution in [1.29, 1.82) is 0 Å². The zero-order valence-corrected chi connectivity index (χ0v) is 10.4. The SMILES string of the molecule is CC(Cl)C1CCN(CC2CCOC2)CC1. The fourth-order valence-corrected chi connectivity index (χ4v) is 2.94. The van der Waals surface area contributed by atoms with Crippen LogP contribution in [-0.4, -0.2) is 43.1 Å². The average Bonchev–Trinajstić information content (AvgIpc) is 2.71. The molecule has 2 rings (SSSR count). The van der Waals surface area contributed by atoms with E-state index < -0.39 is 0 Å². The molecule has 0 amide bonds. The quantitative estimate of drug-likeness (QED) is 0.692. The maximum absolute atomic E-state index is 6.14. The molecule has 0 radical (unpaired) electrons. The van der Waals surface area contributed by atoms with Crippen LogP contribution >= 0.6 is 11.6 Å². The van der Waals surface area contributed by atoms with Crippen LogP contribution in [0.1, 0.15) is 26.2 Å². The summed E-state index contributed by atoms with van der Waals surface area (Å²) < 4.78 is 5.41. The van der Waals surface area contributed by atoms with Crippen molar-refractivity contribution in [3.05, 3.63) is 0 Å². The third-order valence-electron chi connectivity index (χ3n) is 3.82. The molecule has 15 heavy (non-hydrogen) atoms. The van der Waals surface area contributed by atoms with Gasteiger partial charge in [-0.1, -0.05) is 0 Å². The minimum atomic E-state index is 0.349. The molecule has 0 spiro atoms. The lowest BCUT2D eigenvalue weighted by Gasteiger charge is -2.34. The zero-order chi connectivity index (χ0) is 10.7. The Morgan fingerprint density at radius 1 is 1.33 bits per heavy atom. The molecule has 0 aliphatic carbocycles. The van der Waals surface area contributed by atoms with E-state index in [2.05, 4.69) is 11.8 Å². The smallest absolute Gasteiger partial charge is 0.0507 e. The van der Waals surface area contributed by atoms with E-state index in [0.29, 0.717) is 5.38 Å². The van der Waals surface area contributed by atoms with Gasteiger partial charge in [0.15, 0.2) is 0 Å². The van der Waals surface area contributed by atoms with Crippen molar-refractivity contribution >= 4 is 11.6 Å². The van der Waals surface area contributed by atoms with Gasteiger partial charge in [0.05, 0.1) is 6.61 Å². The van der Waals surface area contributed by atoms with Crippen LogP contribution in [0.15, 0.2) is 0 Å².